The van der Waals surface area contributed by atoms with Crippen molar-refractivity contribution >= 4 is 22.6 Å². The predicted molar refractivity (Wildman–Crippen MR) is 162 cm³/mol. The molecule has 0 spiro atoms. The number of rotatable bonds is 6. The van der Waals surface area contributed by atoms with Crippen LogP contribution >= 0.6 is 0 Å². The van der Waals surface area contributed by atoms with Crippen molar-refractivity contribution in [1.29, 1.82) is 0 Å². The number of H-pyrrole nitrogens is 1. The van der Waals surface area contributed by atoms with Gasteiger partial charge >= 0.3 is 5.97 Å². The van der Waals surface area contributed by atoms with Gasteiger partial charge in [-0.05, 0) is 55.7 Å². The molecule has 0 atom stereocenters. The highest BCUT2D eigenvalue weighted by Gasteiger charge is 2.41. The zero-order chi connectivity index (χ0) is 28.6. The maximum absolute atomic E-state index is 13.2. The minimum atomic E-state index is -0.855. The van der Waals surface area contributed by atoms with Gasteiger partial charge in [-0.3, -0.25) is 5.10 Å². The lowest BCUT2D eigenvalue weighted by molar-refractivity contribution is 0.00637. The van der Waals surface area contributed by atoms with Crippen LogP contribution in [0.25, 0.3) is 22.2 Å². The summed E-state index contributed by atoms with van der Waals surface area (Å²) in [6, 6.07) is 36.7. The highest BCUT2D eigenvalue weighted by atomic mass is 16.6. The van der Waals surface area contributed by atoms with Gasteiger partial charge in [0, 0.05) is 17.3 Å². The number of aromatic nitrogens is 4. The van der Waals surface area contributed by atoms with Gasteiger partial charge in [-0.1, -0.05) is 91.0 Å². The van der Waals surface area contributed by atoms with Crippen molar-refractivity contribution in [3.05, 3.63) is 138 Å². The molecular formula is C34H31N5O2. The second-order valence-electron chi connectivity index (χ2n) is 11.0. The van der Waals surface area contributed by atoms with Crippen molar-refractivity contribution in [3.63, 3.8) is 0 Å². The molecule has 0 aliphatic rings. The minimum Gasteiger partial charge on any atom is -0.455 e. The number of carbonyl (C=O) groups is 1. The molecule has 0 fully saturated rings. The first-order chi connectivity index (χ1) is 19.8. The molecule has 7 heteroatoms. The number of nitrogens with zero attached hydrogens (tertiary/aromatic N) is 3. The summed E-state index contributed by atoms with van der Waals surface area (Å²) in [5.41, 5.74) is 10.6. The molecular weight excluding hydrogens is 510 g/mol. The number of hydrogen-bond acceptors (Lipinski definition) is 5. The van der Waals surface area contributed by atoms with Crippen LogP contribution in [-0.2, 0) is 10.3 Å². The Kier molecular flexibility index (Phi) is 6.42. The maximum atomic E-state index is 13.2. The predicted octanol–water partition coefficient (Wildman–Crippen LogP) is 6.80. The Hall–Kier alpha value is -5.17. The fraction of sp³-hybridized carbons (Fsp3) is 0.147. The highest BCUT2D eigenvalue weighted by molar-refractivity contribution is 6.02. The molecule has 3 N–H and O–H groups in total. The summed E-state index contributed by atoms with van der Waals surface area (Å²) in [5.74, 6) is -0.527. The Balaban J connectivity index is 1.72. The number of fused-ring (bicyclic) bond motifs is 1. The molecule has 0 saturated carbocycles. The molecule has 41 heavy (non-hydrogen) atoms. The number of hydrogen-bond donors (Lipinski definition) is 2. The normalized spacial score (nSPS) is 12.0. The van der Waals surface area contributed by atoms with E-state index in [0.29, 0.717) is 16.9 Å². The molecule has 0 saturated heterocycles. The van der Waals surface area contributed by atoms with Gasteiger partial charge in [0.2, 0.25) is 0 Å². The number of esters is 1. The molecule has 2 heterocycles. The van der Waals surface area contributed by atoms with Crippen LogP contribution in [0.4, 0.5) is 5.69 Å². The zero-order valence-electron chi connectivity index (χ0n) is 23.2. The van der Waals surface area contributed by atoms with E-state index in [-0.39, 0.29) is 5.69 Å². The number of benzene rings is 4. The van der Waals surface area contributed by atoms with E-state index in [4.69, 9.17) is 15.6 Å². The number of ether oxygens (including phenoxy) is 1. The summed E-state index contributed by atoms with van der Waals surface area (Å²) in [7, 11) is 0. The summed E-state index contributed by atoms with van der Waals surface area (Å²) in [6.07, 6.45) is 1.68. The smallest absolute Gasteiger partial charge is 0.360 e. The van der Waals surface area contributed by atoms with Crippen LogP contribution in [-0.4, -0.2) is 31.5 Å². The van der Waals surface area contributed by atoms with Crippen LogP contribution in [0.5, 0.6) is 0 Å². The lowest BCUT2D eigenvalue weighted by Crippen LogP contribution is -2.38. The number of anilines is 1. The number of nitrogens with two attached hydrogens (primary N) is 1. The molecule has 0 radical (unpaired) electrons. The summed E-state index contributed by atoms with van der Waals surface area (Å²) in [4.78, 5) is 13.2. The summed E-state index contributed by atoms with van der Waals surface area (Å²) < 4.78 is 7.73. The van der Waals surface area contributed by atoms with Crippen LogP contribution in [0.15, 0.2) is 115 Å². The van der Waals surface area contributed by atoms with Gasteiger partial charge in [0.15, 0.2) is 5.69 Å². The summed E-state index contributed by atoms with van der Waals surface area (Å²) in [5, 5.41) is 13.2. The molecule has 7 nitrogen and oxygen atoms in total. The molecule has 0 bridgehead atoms. The van der Waals surface area contributed by atoms with Gasteiger partial charge in [-0.25, -0.2) is 9.48 Å². The molecule has 0 amide bonds. The minimum absolute atomic E-state index is 0.165. The van der Waals surface area contributed by atoms with Gasteiger partial charge in [0.05, 0.1) is 11.1 Å². The van der Waals surface area contributed by atoms with Crippen LogP contribution in [0.1, 0.15) is 48.0 Å². The fourth-order valence-electron chi connectivity index (χ4n) is 5.45. The molecule has 204 valence electrons. The van der Waals surface area contributed by atoms with Gasteiger partial charge in [-0.2, -0.15) is 10.2 Å². The number of aromatic amines is 1. The Bertz CT molecular complexity index is 1720. The lowest BCUT2D eigenvalue weighted by Gasteiger charge is -2.37. The molecule has 4 aromatic carbocycles. The zero-order valence-corrected chi connectivity index (χ0v) is 23.2. The third-order valence-corrected chi connectivity index (χ3v) is 7.08. The molecule has 0 aliphatic carbocycles. The van der Waals surface area contributed by atoms with E-state index in [9.17, 15) is 4.79 Å². The summed E-state index contributed by atoms with van der Waals surface area (Å²) >= 11 is 0. The molecule has 0 unspecified atom stereocenters. The second-order valence-corrected chi connectivity index (χ2v) is 11.0. The van der Waals surface area contributed by atoms with Crippen LogP contribution < -0.4 is 5.73 Å². The van der Waals surface area contributed by atoms with Gasteiger partial charge < -0.3 is 10.5 Å². The van der Waals surface area contributed by atoms with Crippen molar-refractivity contribution in [3.8, 4) is 11.3 Å². The van der Waals surface area contributed by atoms with Crippen molar-refractivity contribution < 1.29 is 9.53 Å². The number of nitrogen functional groups attached to an aromatic ring is 1. The van der Waals surface area contributed by atoms with E-state index < -0.39 is 17.1 Å². The largest absolute Gasteiger partial charge is 0.455 e. The first-order valence-electron chi connectivity index (χ1n) is 13.5. The maximum Gasteiger partial charge on any atom is 0.360 e. The topological polar surface area (TPSA) is 98.8 Å². The second kappa shape index (κ2) is 10.1. The quantitative estimate of drug-likeness (QED) is 0.137. The molecule has 6 aromatic rings. The third-order valence-electron chi connectivity index (χ3n) is 7.08. The van der Waals surface area contributed by atoms with Crippen molar-refractivity contribution in [1.82, 2.24) is 20.0 Å². The average molecular weight is 542 g/mol. The monoisotopic (exact) mass is 541 g/mol. The molecule has 0 aliphatic heterocycles. The van der Waals surface area contributed by atoms with E-state index in [2.05, 4.69) is 46.6 Å². The van der Waals surface area contributed by atoms with Crippen LogP contribution in [0.3, 0.4) is 0 Å². The standard InChI is InChI=1S/C34H31N5O2/c1-33(2,3)41-32(40)31-28(22-36-37-31)30-27-21-26(35)19-20-29(27)39(38-30)34(23-13-7-4-8-14-23,24-15-9-5-10-16-24)25-17-11-6-12-18-25/h4-22H,35H2,1-3H3,(H,36,37). The summed E-state index contributed by atoms with van der Waals surface area (Å²) in [6.45, 7) is 5.49. The first kappa shape index (κ1) is 26.1. The lowest BCUT2D eigenvalue weighted by atomic mass is 9.77. The van der Waals surface area contributed by atoms with Crippen LogP contribution in [0.2, 0.25) is 0 Å². The van der Waals surface area contributed by atoms with Gasteiger partial charge in [0.25, 0.3) is 0 Å². The molecule has 6 rings (SSSR count). The van der Waals surface area contributed by atoms with Crippen molar-refractivity contribution in [2.75, 3.05) is 5.73 Å². The highest BCUT2D eigenvalue weighted by Crippen LogP contribution is 2.44. The SMILES string of the molecule is CC(C)(C)OC(=O)c1n[nH]cc1-c1nn(C(c2ccccc2)(c2ccccc2)c2ccccc2)c2ccc(N)cc12. The van der Waals surface area contributed by atoms with E-state index in [1.165, 1.54) is 0 Å². The van der Waals surface area contributed by atoms with E-state index >= 15 is 0 Å². The van der Waals surface area contributed by atoms with Crippen molar-refractivity contribution in [2.45, 2.75) is 31.9 Å². The Morgan fingerprint density at radius 3 is 1.85 bits per heavy atom. The van der Waals surface area contributed by atoms with Gasteiger partial charge in [0.1, 0.15) is 16.8 Å². The van der Waals surface area contributed by atoms with Crippen LogP contribution in [0, 0.1) is 0 Å². The Morgan fingerprint density at radius 1 is 0.805 bits per heavy atom. The average Bonchev–Trinajstić information content (AvgIpc) is 3.60. The first-order valence-corrected chi connectivity index (χ1v) is 13.5. The van der Waals surface area contributed by atoms with E-state index in [0.717, 1.165) is 27.6 Å². The van der Waals surface area contributed by atoms with E-state index in [1.54, 1.807) is 6.20 Å². The van der Waals surface area contributed by atoms with Crippen molar-refractivity contribution in [2.24, 2.45) is 0 Å². The fourth-order valence-corrected chi connectivity index (χ4v) is 5.45. The van der Waals surface area contributed by atoms with Gasteiger partial charge in [-0.15, -0.1) is 0 Å². The Morgan fingerprint density at radius 2 is 1.34 bits per heavy atom. The Labute approximate surface area is 238 Å². The number of carbonyl (C=O) groups excluding carboxylic acids is 1. The number of nitrogens with one attached hydrogen (secondary N) is 1. The molecule has 2 aromatic heterocycles. The van der Waals surface area contributed by atoms with E-state index in [1.807, 2.05) is 98.2 Å². The third kappa shape index (κ3) is 4.55.